The number of nitro benzene ring substituents is 1. The number of hydrogen-bond acceptors (Lipinski definition) is 6. The van der Waals surface area contributed by atoms with E-state index in [0.29, 0.717) is 5.69 Å². The van der Waals surface area contributed by atoms with Crippen molar-refractivity contribution in [1.82, 2.24) is 10.3 Å². The van der Waals surface area contributed by atoms with Crippen molar-refractivity contribution in [3.05, 3.63) is 57.8 Å². The molecule has 11 heteroatoms. The Morgan fingerprint density at radius 3 is 2.63 bits per heavy atom. The van der Waals surface area contributed by atoms with Gasteiger partial charge in [-0.15, -0.1) is 0 Å². The summed E-state index contributed by atoms with van der Waals surface area (Å²) in [5.74, 6) is -0.938. The molecule has 0 aliphatic carbocycles. The first-order chi connectivity index (χ1) is 12.7. The van der Waals surface area contributed by atoms with E-state index < -0.39 is 22.6 Å². The summed E-state index contributed by atoms with van der Waals surface area (Å²) < 4.78 is 38.6. The van der Waals surface area contributed by atoms with Crippen LogP contribution in [0.2, 0.25) is 0 Å². The zero-order valence-corrected chi connectivity index (χ0v) is 14.1. The van der Waals surface area contributed by atoms with E-state index in [9.17, 15) is 28.1 Å². The van der Waals surface area contributed by atoms with Crippen LogP contribution < -0.4 is 16.0 Å². The zero-order valence-electron chi connectivity index (χ0n) is 14.1. The molecule has 1 amide bonds. The Balaban J connectivity index is 2.00. The Morgan fingerprint density at radius 1 is 1.26 bits per heavy atom. The van der Waals surface area contributed by atoms with Gasteiger partial charge in [0.05, 0.1) is 16.1 Å². The summed E-state index contributed by atoms with van der Waals surface area (Å²) in [5.41, 5.74) is -0.719. The Hall–Kier alpha value is -3.37. The van der Waals surface area contributed by atoms with Crippen LogP contribution in [0, 0.1) is 10.1 Å². The third-order valence-corrected chi connectivity index (χ3v) is 3.54. The molecular formula is C16H16F3N5O3. The number of amides is 1. The van der Waals surface area contributed by atoms with E-state index >= 15 is 0 Å². The van der Waals surface area contributed by atoms with Gasteiger partial charge in [-0.1, -0.05) is 0 Å². The number of anilines is 2. The van der Waals surface area contributed by atoms with Crippen LogP contribution in [0.1, 0.15) is 15.9 Å². The summed E-state index contributed by atoms with van der Waals surface area (Å²) in [6.07, 6.45) is -3.33. The van der Waals surface area contributed by atoms with Crippen LogP contribution >= 0.6 is 0 Å². The summed E-state index contributed by atoms with van der Waals surface area (Å²) in [4.78, 5) is 26.1. The molecule has 0 saturated heterocycles. The van der Waals surface area contributed by atoms with Gasteiger partial charge >= 0.3 is 6.18 Å². The van der Waals surface area contributed by atoms with Crippen LogP contribution in [0.5, 0.6) is 0 Å². The first-order valence-electron chi connectivity index (χ1n) is 7.74. The number of halogens is 3. The van der Waals surface area contributed by atoms with Gasteiger partial charge < -0.3 is 16.0 Å². The quantitative estimate of drug-likeness (QED) is 0.385. The van der Waals surface area contributed by atoms with E-state index in [1.807, 2.05) is 0 Å². The van der Waals surface area contributed by atoms with E-state index in [0.717, 1.165) is 12.1 Å². The molecule has 0 saturated carbocycles. The van der Waals surface area contributed by atoms with Crippen molar-refractivity contribution in [2.45, 2.75) is 6.18 Å². The van der Waals surface area contributed by atoms with Crippen molar-refractivity contribution < 1.29 is 22.9 Å². The van der Waals surface area contributed by atoms with Gasteiger partial charge in [0.2, 0.25) is 0 Å². The molecule has 0 radical (unpaired) electrons. The summed E-state index contributed by atoms with van der Waals surface area (Å²) in [5, 5.41) is 18.6. The Morgan fingerprint density at radius 2 is 2.00 bits per heavy atom. The highest BCUT2D eigenvalue weighted by Gasteiger charge is 2.33. The summed E-state index contributed by atoms with van der Waals surface area (Å²) in [6.45, 7) is -0.0335. The molecule has 0 bridgehead atoms. The van der Waals surface area contributed by atoms with Crippen LogP contribution in [0.15, 0.2) is 36.5 Å². The summed E-state index contributed by atoms with van der Waals surface area (Å²) in [7, 11) is 1.55. The number of nitro groups is 1. The molecule has 0 aliphatic rings. The maximum Gasteiger partial charge on any atom is 0.419 e. The molecule has 0 unspecified atom stereocenters. The van der Waals surface area contributed by atoms with Crippen molar-refractivity contribution in [1.29, 1.82) is 0 Å². The first kappa shape index (κ1) is 19.9. The van der Waals surface area contributed by atoms with E-state index in [1.54, 1.807) is 7.05 Å². The van der Waals surface area contributed by atoms with E-state index in [2.05, 4.69) is 20.9 Å². The molecule has 2 rings (SSSR count). The van der Waals surface area contributed by atoms with Crippen molar-refractivity contribution in [3.63, 3.8) is 0 Å². The Bertz CT molecular complexity index is 842. The molecule has 144 valence electrons. The monoisotopic (exact) mass is 383 g/mol. The third kappa shape index (κ3) is 5.06. The van der Waals surface area contributed by atoms with Gasteiger partial charge in [0, 0.05) is 44.2 Å². The number of carbonyl (C=O) groups excluding carboxylic acids is 1. The molecule has 8 nitrogen and oxygen atoms in total. The number of pyridine rings is 1. The van der Waals surface area contributed by atoms with Crippen molar-refractivity contribution in [2.75, 3.05) is 30.8 Å². The lowest BCUT2D eigenvalue weighted by atomic mass is 10.1. The third-order valence-electron chi connectivity index (χ3n) is 3.54. The number of benzene rings is 1. The summed E-state index contributed by atoms with van der Waals surface area (Å²) >= 11 is 0. The SMILES string of the molecule is CNc1ccc([N+](=O)[O-])cc1C(=O)NCCNc1ncccc1C(F)(F)F. The van der Waals surface area contributed by atoms with Gasteiger partial charge in [0.15, 0.2) is 0 Å². The molecular weight excluding hydrogens is 367 g/mol. The molecule has 3 N–H and O–H groups in total. The number of aromatic nitrogens is 1. The smallest absolute Gasteiger partial charge is 0.387 e. The van der Waals surface area contributed by atoms with E-state index in [1.165, 1.54) is 24.4 Å². The van der Waals surface area contributed by atoms with Gasteiger partial charge in [0.1, 0.15) is 5.82 Å². The maximum absolute atomic E-state index is 12.9. The average Bonchev–Trinajstić information content (AvgIpc) is 2.64. The topological polar surface area (TPSA) is 109 Å². The van der Waals surface area contributed by atoms with E-state index in [4.69, 9.17) is 0 Å². The zero-order chi connectivity index (χ0) is 20.0. The molecule has 0 aliphatic heterocycles. The number of carbonyl (C=O) groups is 1. The predicted molar refractivity (Wildman–Crippen MR) is 92.7 cm³/mol. The molecule has 0 atom stereocenters. The molecule has 0 spiro atoms. The number of hydrogen-bond donors (Lipinski definition) is 3. The average molecular weight is 383 g/mol. The minimum absolute atomic E-state index is 0.0153. The number of nitrogens with one attached hydrogen (secondary N) is 3. The highest BCUT2D eigenvalue weighted by atomic mass is 19.4. The lowest BCUT2D eigenvalue weighted by Crippen LogP contribution is -2.30. The van der Waals surface area contributed by atoms with Crippen molar-refractivity contribution >= 4 is 23.1 Å². The number of alkyl halides is 3. The highest BCUT2D eigenvalue weighted by Crippen LogP contribution is 2.33. The molecule has 1 heterocycles. The second kappa shape index (κ2) is 8.34. The van der Waals surface area contributed by atoms with Gasteiger partial charge in [-0.25, -0.2) is 4.98 Å². The largest absolute Gasteiger partial charge is 0.419 e. The van der Waals surface area contributed by atoms with Gasteiger partial charge in [0.25, 0.3) is 11.6 Å². The van der Waals surface area contributed by atoms with Crippen molar-refractivity contribution in [3.8, 4) is 0 Å². The molecule has 1 aromatic heterocycles. The van der Waals surface area contributed by atoms with Crippen LogP contribution in [-0.2, 0) is 6.18 Å². The predicted octanol–water partition coefficient (Wildman–Crippen LogP) is 2.89. The van der Waals surface area contributed by atoms with Crippen LogP contribution in [-0.4, -0.2) is 36.0 Å². The minimum atomic E-state index is -4.55. The highest BCUT2D eigenvalue weighted by molar-refractivity contribution is 6.00. The number of nitrogens with zero attached hydrogens (tertiary/aromatic N) is 2. The normalized spacial score (nSPS) is 11.0. The van der Waals surface area contributed by atoms with Gasteiger partial charge in [-0.2, -0.15) is 13.2 Å². The number of non-ortho nitro benzene ring substituents is 1. The standard InChI is InChI=1S/C16H16F3N5O3/c1-20-13-5-4-10(24(26)27)9-11(13)15(25)23-8-7-22-14-12(16(17,18)19)3-2-6-21-14/h2-6,9,20H,7-8H2,1H3,(H,21,22)(H,23,25). The summed E-state index contributed by atoms with van der Waals surface area (Å²) in [6, 6.07) is 5.85. The second-order valence-corrected chi connectivity index (χ2v) is 5.32. The number of rotatable bonds is 7. The lowest BCUT2D eigenvalue weighted by molar-refractivity contribution is -0.384. The fourth-order valence-electron chi connectivity index (χ4n) is 2.28. The van der Waals surface area contributed by atoms with Gasteiger partial charge in [-0.05, 0) is 18.2 Å². The lowest BCUT2D eigenvalue weighted by Gasteiger charge is -2.14. The fraction of sp³-hybridized carbons (Fsp3) is 0.250. The Labute approximate surface area is 151 Å². The van der Waals surface area contributed by atoms with Crippen LogP contribution in [0.25, 0.3) is 0 Å². The van der Waals surface area contributed by atoms with Crippen molar-refractivity contribution in [2.24, 2.45) is 0 Å². The molecule has 2 aromatic rings. The molecule has 1 aromatic carbocycles. The first-order valence-corrected chi connectivity index (χ1v) is 7.74. The van der Waals surface area contributed by atoms with Crippen LogP contribution in [0.4, 0.5) is 30.4 Å². The van der Waals surface area contributed by atoms with E-state index in [-0.39, 0.29) is 30.2 Å². The molecule has 27 heavy (non-hydrogen) atoms. The van der Waals surface area contributed by atoms with Gasteiger partial charge in [-0.3, -0.25) is 14.9 Å². The molecule has 0 fully saturated rings. The Kier molecular flexibility index (Phi) is 6.16. The second-order valence-electron chi connectivity index (χ2n) is 5.32. The maximum atomic E-state index is 12.9. The van der Waals surface area contributed by atoms with Crippen LogP contribution in [0.3, 0.4) is 0 Å². The fourth-order valence-corrected chi connectivity index (χ4v) is 2.28. The minimum Gasteiger partial charge on any atom is -0.387 e.